The largest absolute Gasteiger partial charge is 0.346 e. The van der Waals surface area contributed by atoms with E-state index in [0.717, 1.165) is 80.4 Å². The Morgan fingerprint density at radius 1 is 1.09 bits per heavy atom. The zero-order valence-corrected chi connectivity index (χ0v) is 21.1. The highest BCUT2D eigenvalue weighted by atomic mass is 16.2. The highest BCUT2D eigenvalue weighted by Crippen LogP contribution is 2.24. The summed E-state index contributed by atoms with van der Waals surface area (Å²) in [6, 6.07) is 10.0. The first-order valence-corrected chi connectivity index (χ1v) is 12.4. The molecule has 1 aliphatic heterocycles. The van der Waals surface area contributed by atoms with Crippen LogP contribution in [0.15, 0.2) is 61.0 Å². The Hall–Kier alpha value is -2.96. The maximum Gasteiger partial charge on any atom is 0.253 e. The van der Waals surface area contributed by atoms with Crippen molar-refractivity contribution in [3.63, 3.8) is 0 Å². The molecule has 182 valence electrons. The van der Waals surface area contributed by atoms with Crippen molar-refractivity contribution in [1.82, 2.24) is 19.7 Å². The Balaban J connectivity index is 1.61. The maximum atomic E-state index is 13.2. The number of amides is 1. The van der Waals surface area contributed by atoms with E-state index >= 15 is 0 Å². The Bertz CT molecular complexity index is 988. The molecule has 0 unspecified atom stereocenters. The minimum atomic E-state index is 0.113. The number of pyridine rings is 1. The van der Waals surface area contributed by atoms with Crippen LogP contribution in [-0.2, 0) is 0 Å². The number of hydrogen-bond acceptors (Lipinski definition) is 5. The van der Waals surface area contributed by atoms with Crippen LogP contribution in [0.5, 0.6) is 0 Å². The number of rotatable bonds is 10. The Labute approximate surface area is 205 Å². The van der Waals surface area contributed by atoms with Crippen molar-refractivity contribution in [3.8, 4) is 11.1 Å². The van der Waals surface area contributed by atoms with Gasteiger partial charge in [-0.15, -0.1) is 0 Å². The number of hydrogen-bond donors (Lipinski definition) is 1. The van der Waals surface area contributed by atoms with Gasteiger partial charge in [-0.3, -0.25) is 9.69 Å². The van der Waals surface area contributed by atoms with Crippen molar-refractivity contribution in [2.24, 2.45) is 0 Å². The summed E-state index contributed by atoms with van der Waals surface area (Å²) in [5.74, 6) is 0.943. The molecule has 1 N–H and O–H groups in total. The van der Waals surface area contributed by atoms with Crippen molar-refractivity contribution < 1.29 is 4.79 Å². The van der Waals surface area contributed by atoms with E-state index in [9.17, 15) is 4.79 Å². The number of likely N-dealkylation sites (N-methyl/N-ethyl adjacent to an activating group) is 1. The average molecular weight is 462 g/mol. The Morgan fingerprint density at radius 3 is 2.53 bits per heavy atom. The van der Waals surface area contributed by atoms with Crippen molar-refractivity contribution in [2.75, 3.05) is 57.7 Å². The van der Waals surface area contributed by atoms with Gasteiger partial charge in [0.2, 0.25) is 0 Å². The molecule has 2 aromatic rings. The molecule has 2 heterocycles. The van der Waals surface area contributed by atoms with Crippen LogP contribution >= 0.6 is 0 Å². The number of carbonyl (C=O) groups excluding carboxylic acids is 1. The number of nitrogens with zero attached hydrogens (tertiary/aromatic N) is 4. The molecule has 1 fully saturated rings. The van der Waals surface area contributed by atoms with Gasteiger partial charge in [-0.25, -0.2) is 4.98 Å². The molecule has 1 aliphatic rings. The van der Waals surface area contributed by atoms with E-state index in [1.54, 1.807) is 0 Å². The fourth-order valence-electron chi connectivity index (χ4n) is 4.19. The molecule has 0 saturated carbocycles. The lowest BCUT2D eigenvalue weighted by Gasteiger charge is -2.35. The van der Waals surface area contributed by atoms with E-state index in [2.05, 4.69) is 40.0 Å². The van der Waals surface area contributed by atoms with Crippen LogP contribution in [0.2, 0.25) is 0 Å². The van der Waals surface area contributed by atoms with Gasteiger partial charge in [-0.05, 0) is 62.3 Å². The lowest BCUT2D eigenvalue weighted by atomic mass is 10.0. The van der Waals surface area contributed by atoms with E-state index in [-0.39, 0.29) is 5.91 Å². The van der Waals surface area contributed by atoms with Crippen molar-refractivity contribution >= 4 is 11.7 Å². The molecule has 0 radical (unpaired) electrons. The molecule has 34 heavy (non-hydrogen) atoms. The molecule has 0 spiro atoms. The Kier molecular flexibility index (Phi) is 9.86. The zero-order valence-electron chi connectivity index (χ0n) is 21.1. The van der Waals surface area contributed by atoms with E-state index in [4.69, 9.17) is 0 Å². The summed E-state index contributed by atoms with van der Waals surface area (Å²) in [5.41, 5.74) is 3.81. The highest BCUT2D eigenvalue weighted by Gasteiger charge is 2.22. The van der Waals surface area contributed by atoms with Gasteiger partial charge in [0.1, 0.15) is 5.82 Å². The third kappa shape index (κ3) is 7.02. The first-order valence-electron chi connectivity index (χ1n) is 12.4. The number of piperazine rings is 1. The molecule has 1 aromatic heterocycles. The lowest BCUT2D eigenvalue weighted by molar-refractivity contribution is 0.0625. The highest BCUT2D eigenvalue weighted by molar-refractivity contribution is 5.95. The zero-order chi connectivity index (χ0) is 24.3. The molecule has 1 saturated heterocycles. The summed E-state index contributed by atoms with van der Waals surface area (Å²) >= 11 is 0. The number of allylic oxidation sites excluding steroid dienone is 3. The van der Waals surface area contributed by atoms with Crippen LogP contribution in [0.3, 0.4) is 0 Å². The molecular formula is C28H39N5O. The predicted molar refractivity (Wildman–Crippen MR) is 142 cm³/mol. The molecule has 1 aromatic carbocycles. The molecule has 1 amide bonds. The summed E-state index contributed by atoms with van der Waals surface area (Å²) in [5, 5.41) is 3.21. The fourth-order valence-corrected chi connectivity index (χ4v) is 4.19. The maximum absolute atomic E-state index is 13.2. The minimum absolute atomic E-state index is 0.113. The second-order valence-electron chi connectivity index (χ2n) is 8.66. The van der Waals surface area contributed by atoms with E-state index in [0.29, 0.717) is 0 Å². The van der Waals surface area contributed by atoms with E-state index in [1.165, 1.54) is 0 Å². The van der Waals surface area contributed by atoms with Crippen LogP contribution in [-0.4, -0.2) is 77.9 Å². The second kappa shape index (κ2) is 13.1. The van der Waals surface area contributed by atoms with Gasteiger partial charge in [0.05, 0.1) is 0 Å². The fraction of sp³-hybridized carbons (Fsp3) is 0.429. The summed E-state index contributed by atoms with van der Waals surface area (Å²) in [7, 11) is 0. The molecular weight excluding hydrogens is 422 g/mol. The lowest BCUT2D eigenvalue weighted by Crippen LogP contribution is -2.50. The SMILES string of the molecule is C/C=C/C=C/Nc1ncc(-c2cccc(C(=O)N3CCN(CCN(CC)CC)CC3)c2)cc1C. The van der Waals surface area contributed by atoms with Crippen molar-refractivity contribution in [3.05, 3.63) is 72.1 Å². The first-order chi connectivity index (χ1) is 16.5. The second-order valence-corrected chi connectivity index (χ2v) is 8.66. The summed E-state index contributed by atoms with van der Waals surface area (Å²) in [6.45, 7) is 16.2. The molecule has 0 aliphatic carbocycles. The van der Waals surface area contributed by atoms with Gasteiger partial charge in [-0.2, -0.15) is 0 Å². The number of aryl methyl sites for hydroxylation is 1. The topological polar surface area (TPSA) is 51.7 Å². The van der Waals surface area contributed by atoms with Crippen LogP contribution < -0.4 is 5.32 Å². The van der Waals surface area contributed by atoms with Crippen molar-refractivity contribution in [1.29, 1.82) is 0 Å². The number of benzene rings is 1. The summed E-state index contributed by atoms with van der Waals surface area (Å²) < 4.78 is 0. The van der Waals surface area contributed by atoms with E-state index < -0.39 is 0 Å². The van der Waals surface area contributed by atoms with Crippen LogP contribution in [0.1, 0.15) is 36.7 Å². The number of nitrogens with one attached hydrogen (secondary N) is 1. The predicted octanol–water partition coefficient (Wildman–Crippen LogP) is 4.66. The quantitative estimate of drug-likeness (QED) is 0.522. The van der Waals surface area contributed by atoms with Crippen molar-refractivity contribution in [2.45, 2.75) is 27.7 Å². The standard InChI is InChI=1S/C28H39N5O/c1-5-8-9-13-29-27-23(4)20-26(22-30-27)24-11-10-12-25(21-24)28(34)33-18-16-32(17-19-33)15-14-31(6-2)7-3/h5,8-13,20-22H,6-7,14-19H2,1-4H3,(H,29,30)/b8-5+,13-9+. The van der Waals surface area contributed by atoms with Gasteiger partial charge in [0.15, 0.2) is 0 Å². The van der Waals surface area contributed by atoms with Gasteiger partial charge < -0.3 is 15.1 Å². The molecule has 6 heteroatoms. The smallest absolute Gasteiger partial charge is 0.253 e. The van der Waals surface area contributed by atoms with Gasteiger partial charge in [0.25, 0.3) is 5.91 Å². The summed E-state index contributed by atoms with van der Waals surface area (Å²) in [4.78, 5) is 24.7. The molecule has 0 atom stereocenters. The third-order valence-corrected chi connectivity index (χ3v) is 6.43. The number of aromatic nitrogens is 1. The average Bonchev–Trinajstić information content (AvgIpc) is 2.88. The molecule has 0 bridgehead atoms. The van der Waals surface area contributed by atoms with Crippen LogP contribution in [0.4, 0.5) is 5.82 Å². The normalized spacial score (nSPS) is 15.0. The number of anilines is 1. The molecule has 3 rings (SSSR count). The third-order valence-electron chi connectivity index (χ3n) is 6.43. The molecule has 6 nitrogen and oxygen atoms in total. The minimum Gasteiger partial charge on any atom is -0.346 e. The monoisotopic (exact) mass is 461 g/mol. The summed E-state index contributed by atoms with van der Waals surface area (Å²) in [6.07, 6.45) is 9.61. The van der Waals surface area contributed by atoms with E-state index in [1.807, 2.05) is 73.6 Å². The number of carbonyl (C=O) groups is 1. The van der Waals surface area contributed by atoms with Crippen LogP contribution in [0.25, 0.3) is 11.1 Å². The first kappa shape index (κ1) is 25.7. The van der Waals surface area contributed by atoms with Gasteiger partial charge >= 0.3 is 0 Å². The van der Waals surface area contributed by atoms with Gasteiger partial charge in [-0.1, -0.05) is 38.1 Å². The van der Waals surface area contributed by atoms with Gasteiger partial charge in [0, 0.05) is 62.8 Å². The Morgan fingerprint density at radius 2 is 1.85 bits per heavy atom. The van der Waals surface area contributed by atoms with Crippen LogP contribution in [0, 0.1) is 6.92 Å².